The molecular weight excluding hydrogens is 268 g/mol. The van der Waals surface area contributed by atoms with Gasteiger partial charge >= 0.3 is 0 Å². The maximum Gasteiger partial charge on any atom is 0.123 e. The van der Waals surface area contributed by atoms with E-state index in [1.165, 1.54) is 48.8 Å². The van der Waals surface area contributed by atoms with Crippen molar-refractivity contribution >= 4 is 0 Å². The van der Waals surface area contributed by atoms with Gasteiger partial charge in [-0.05, 0) is 22.8 Å². The second-order valence-electron chi connectivity index (χ2n) is 5.90. The second-order valence-corrected chi connectivity index (χ2v) is 5.90. The third-order valence-electron chi connectivity index (χ3n) is 4.06. The van der Waals surface area contributed by atoms with Crippen molar-refractivity contribution in [3.63, 3.8) is 0 Å². The maximum atomic E-state index is 5.77. The molecule has 1 heterocycles. The number of para-hydroxylation sites is 1. The van der Waals surface area contributed by atoms with Crippen LogP contribution in [0.1, 0.15) is 62.6 Å². The normalized spacial score (nSPS) is 12.1. The van der Waals surface area contributed by atoms with Gasteiger partial charge in [0.25, 0.3) is 0 Å². The van der Waals surface area contributed by atoms with Gasteiger partial charge in [0.05, 0.1) is 0 Å². The fourth-order valence-electron chi connectivity index (χ4n) is 2.70. The molecule has 1 heteroatoms. The molecule has 0 saturated heterocycles. The highest BCUT2D eigenvalue weighted by molar-refractivity contribution is 5.42. The molecule has 0 unspecified atom stereocenters. The van der Waals surface area contributed by atoms with Crippen molar-refractivity contribution in [2.75, 3.05) is 0 Å². The van der Waals surface area contributed by atoms with Gasteiger partial charge in [0.1, 0.15) is 12.4 Å². The average molecular weight is 296 g/mol. The zero-order chi connectivity index (χ0) is 15.6. The van der Waals surface area contributed by atoms with Crippen molar-refractivity contribution < 1.29 is 4.74 Å². The van der Waals surface area contributed by atoms with Gasteiger partial charge in [-0.1, -0.05) is 88.4 Å². The highest BCUT2D eigenvalue weighted by Crippen LogP contribution is 2.27. The maximum absolute atomic E-state index is 5.77. The van der Waals surface area contributed by atoms with Crippen LogP contribution in [-0.2, 0) is 13.0 Å². The fourth-order valence-corrected chi connectivity index (χ4v) is 2.70. The molecule has 0 aromatic heterocycles. The van der Waals surface area contributed by atoms with Crippen LogP contribution in [0.15, 0.2) is 48.5 Å². The summed E-state index contributed by atoms with van der Waals surface area (Å²) >= 11 is 0. The summed E-state index contributed by atoms with van der Waals surface area (Å²) in [5.41, 5.74) is 3.96. The van der Waals surface area contributed by atoms with Crippen LogP contribution < -0.4 is 4.74 Å². The SMILES string of the molecule is CCCCCCC.c1ccc2c(c1)COc1ccccc1C2. The molecule has 0 N–H and O–H groups in total. The van der Waals surface area contributed by atoms with Gasteiger partial charge in [0.15, 0.2) is 0 Å². The first-order valence-electron chi connectivity index (χ1n) is 8.62. The van der Waals surface area contributed by atoms with Crippen LogP contribution in [-0.4, -0.2) is 0 Å². The topological polar surface area (TPSA) is 9.23 Å². The largest absolute Gasteiger partial charge is 0.489 e. The van der Waals surface area contributed by atoms with Crippen molar-refractivity contribution in [3.8, 4) is 5.75 Å². The number of hydrogen-bond donors (Lipinski definition) is 0. The van der Waals surface area contributed by atoms with Gasteiger partial charge in [0.2, 0.25) is 0 Å². The first-order chi connectivity index (χ1) is 10.8. The van der Waals surface area contributed by atoms with Gasteiger partial charge in [-0.3, -0.25) is 0 Å². The summed E-state index contributed by atoms with van der Waals surface area (Å²) in [6, 6.07) is 16.7. The predicted molar refractivity (Wildman–Crippen MR) is 94.5 cm³/mol. The Hall–Kier alpha value is -1.76. The molecule has 22 heavy (non-hydrogen) atoms. The Morgan fingerprint density at radius 2 is 1.32 bits per heavy atom. The predicted octanol–water partition coefficient (Wildman–Crippen LogP) is 6.15. The molecule has 0 aliphatic carbocycles. The first-order valence-corrected chi connectivity index (χ1v) is 8.62. The Bertz CT molecular complexity index is 510. The lowest BCUT2D eigenvalue weighted by Crippen LogP contribution is -1.94. The van der Waals surface area contributed by atoms with E-state index in [0.717, 1.165) is 12.2 Å². The van der Waals surface area contributed by atoms with E-state index in [9.17, 15) is 0 Å². The Morgan fingerprint density at radius 3 is 2.00 bits per heavy atom. The lowest BCUT2D eigenvalue weighted by Gasteiger charge is -2.05. The lowest BCUT2D eigenvalue weighted by atomic mass is 10.0. The van der Waals surface area contributed by atoms with E-state index in [1.807, 2.05) is 12.1 Å². The van der Waals surface area contributed by atoms with E-state index in [4.69, 9.17) is 4.74 Å². The molecule has 0 spiro atoms. The Balaban J connectivity index is 0.000000217. The molecule has 2 aromatic carbocycles. The van der Waals surface area contributed by atoms with E-state index >= 15 is 0 Å². The molecule has 2 aromatic rings. The Kier molecular flexibility index (Phi) is 7.02. The van der Waals surface area contributed by atoms with Crippen LogP contribution in [0.4, 0.5) is 0 Å². The number of rotatable bonds is 4. The number of ether oxygens (including phenoxy) is 1. The summed E-state index contributed by atoms with van der Waals surface area (Å²) < 4.78 is 5.77. The summed E-state index contributed by atoms with van der Waals surface area (Å²) in [6.45, 7) is 5.18. The minimum atomic E-state index is 0.688. The number of benzene rings is 2. The van der Waals surface area contributed by atoms with Crippen molar-refractivity contribution in [2.45, 2.75) is 59.0 Å². The van der Waals surface area contributed by atoms with Crippen molar-refractivity contribution in [1.82, 2.24) is 0 Å². The molecule has 3 rings (SSSR count). The van der Waals surface area contributed by atoms with Crippen LogP contribution >= 0.6 is 0 Å². The fraction of sp³-hybridized carbons (Fsp3) is 0.429. The summed E-state index contributed by atoms with van der Waals surface area (Å²) in [7, 11) is 0. The van der Waals surface area contributed by atoms with Crippen LogP contribution in [0.5, 0.6) is 5.75 Å². The molecule has 0 amide bonds. The highest BCUT2D eigenvalue weighted by atomic mass is 16.5. The van der Waals surface area contributed by atoms with Crippen LogP contribution in [0.2, 0.25) is 0 Å². The van der Waals surface area contributed by atoms with Crippen LogP contribution in [0, 0.1) is 0 Å². The lowest BCUT2D eigenvalue weighted by molar-refractivity contribution is 0.307. The van der Waals surface area contributed by atoms with Crippen molar-refractivity contribution in [3.05, 3.63) is 65.2 Å². The molecule has 0 radical (unpaired) electrons. The Morgan fingerprint density at radius 1 is 0.727 bits per heavy atom. The van der Waals surface area contributed by atoms with E-state index in [-0.39, 0.29) is 0 Å². The van der Waals surface area contributed by atoms with Gasteiger partial charge in [0, 0.05) is 6.42 Å². The van der Waals surface area contributed by atoms with Gasteiger partial charge < -0.3 is 4.74 Å². The van der Waals surface area contributed by atoms with Crippen LogP contribution in [0.3, 0.4) is 0 Å². The van der Waals surface area contributed by atoms with Gasteiger partial charge in [-0.25, -0.2) is 0 Å². The molecule has 1 aliphatic heterocycles. The van der Waals surface area contributed by atoms with Crippen LogP contribution in [0.25, 0.3) is 0 Å². The van der Waals surface area contributed by atoms with E-state index in [0.29, 0.717) is 6.61 Å². The average Bonchev–Trinajstić information content (AvgIpc) is 2.75. The number of unbranched alkanes of at least 4 members (excludes halogenated alkanes) is 4. The van der Waals surface area contributed by atoms with Crippen molar-refractivity contribution in [2.24, 2.45) is 0 Å². The summed E-state index contributed by atoms with van der Waals surface area (Å²) in [5.74, 6) is 1.02. The molecule has 1 nitrogen and oxygen atoms in total. The number of fused-ring (bicyclic) bond motifs is 2. The van der Waals surface area contributed by atoms with Crippen molar-refractivity contribution in [1.29, 1.82) is 0 Å². The molecule has 1 aliphatic rings. The monoisotopic (exact) mass is 296 g/mol. The van der Waals surface area contributed by atoms with E-state index in [1.54, 1.807) is 0 Å². The smallest absolute Gasteiger partial charge is 0.123 e. The third-order valence-corrected chi connectivity index (χ3v) is 4.06. The molecule has 118 valence electrons. The zero-order valence-corrected chi connectivity index (χ0v) is 14.0. The standard InChI is InChI=1S/C14H12O.C7H16/c1-2-7-13-10-15-14-8-4-3-6-12(14)9-11(13)5-1;1-3-5-7-6-4-2/h1-8H,9-10H2;3-7H2,1-2H3. The first kappa shape index (κ1) is 16.6. The van der Waals surface area contributed by atoms with Gasteiger partial charge in [-0.15, -0.1) is 0 Å². The number of hydrogen-bond acceptors (Lipinski definition) is 1. The second kappa shape index (κ2) is 9.30. The summed E-state index contributed by atoms with van der Waals surface area (Å²) in [4.78, 5) is 0. The minimum absolute atomic E-state index is 0.688. The molecule has 0 saturated carbocycles. The molecular formula is C21H28O. The molecule has 0 atom stereocenters. The van der Waals surface area contributed by atoms with Gasteiger partial charge in [-0.2, -0.15) is 0 Å². The Labute approximate surface area is 135 Å². The quantitative estimate of drug-likeness (QED) is 0.615. The summed E-state index contributed by atoms with van der Waals surface area (Å²) in [5, 5.41) is 0. The highest BCUT2D eigenvalue weighted by Gasteiger charge is 2.12. The summed E-state index contributed by atoms with van der Waals surface area (Å²) in [6.07, 6.45) is 7.99. The van der Waals surface area contributed by atoms with E-state index < -0.39 is 0 Å². The molecule has 0 fully saturated rings. The minimum Gasteiger partial charge on any atom is -0.489 e. The van der Waals surface area contributed by atoms with E-state index in [2.05, 4.69) is 50.2 Å². The third kappa shape index (κ3) is 4.91. The molecule has 0 bridgehead atoms. The zero-order valence-electron chi connectivity index (χ0n) is 14.0.